The van der Waals surface area contributed by atoms with Gasteiger partial charge in [0.1, 0.15) is 5.75 Å². The highest BCUT2D eigenvalue weighted by molar-refractivity contribution is 6.36. The lowest BCUT2D eigenvalue weighted by Crippen LogP contribution is -2.00. The molecule has 0 spiro atoms. The molecule has 2 rings (SSSR count). The quantitative estimate of drug-likeness (QED) is 0.854. The summed E-state index contributed by atoms with van der Waals surface area (Å²) in [4.78, 5) is 11.4. The summed E-state index contributed by atoms with van der Waals surface area (Å²) >= 11 is 12.4. The zero-order valence-electron chi connectivity index (χ0n) is 11.6. The van der Waals surface area contributed by atoms with Crippen molar-refractivity contribution in [1.82, 2.24) is 0 Å². The maximum Gasteiger partial charge on any atom is 0.336 e. The molecule has 0 aliphatic heterocycles. The fraction of sp³-hybridized carbons (Fsp3) is 0.188. The van der Waals surface area contributed by atoms with E-state index < -0.39 is 5.97 Å². The Hall–Kier alpha value is -1.71. The maximum absolute atomic E-state index is 11.4. The molecule has 0 aromatic heterocycles. The fourth-order valence-corrected chi connectivity index (χ4v) is 2.54. The van der Waals surface area contributed by atoms with Gasteiger partial charge in [0.15, 0.2) is 0 Å². The van der Waals surface area contributed by atoms with Gasteiger partial charge >= 0.3 is 5.97 Å². The van der Waals surface area contributed by atoms with Crippen molar-refractivity contribution in [2.45, 2.75) is 13.8 Å². The topological polar surface area (TPSA) is 46.5 Å². The Kier molecular flexibility index (Phi) is 4.76. The summed E-state index contributed by atoms with van der Waals surface area (Å²) in [6, 6.07) is 8.33. The number of aromatic carboxylic acids is 1. The van der Waals surface area contributed by atoms with E-state index in [9.17, 15) is 9.90 Å². The fourth-order valence-electron chi connectivity index (χ4n) is 2.07. The average Bonchev–Trinajstić information content (AvgIpc) is 2.42. The highest BCUT2D eigenvalue weighted by Gasteiger charge is 2.16. The second kappa shape index (κ2) is 6.37. The van der Waals surface area contributed by atoms with E-state index in [2.05, 4.69) is 0 Å². The Bertz CT molecular complexity index is 696. The molecular weight excluding hydrogens is 311 g/mol. The first-order valence-corrected chi connectivity index (χ1v) is 7.15. The minimum atomic E-state index is -1.01. The van der Waals surface area contributed by atoms with Crippen molar-refractivity contribution in [2.75, 3.05) is 6.61 Å². The number of carbonyl (C=O) groups is 1. The Labute approximate surface area is 133 Å². The number of hydrogen-bond acceptors (Lipinski definition) is 2. The van der Waals surface area contributed by atoms with Crippen LogP contribution in [0.4, 0.5) is 0 Å². The molecule has 0 atom stereocenters. The highest BCUT2D eigenvalue weighted by atomic mass is 35.5. The summed E-state index contributed by atoms with van der Waals surface area (Å²) in [6.07, 6.45) is 0. The van der Waals surface area contributed by atoms with Gasteiger partial charge in [0, 0.05) is 11.6 Å². The maximum atomic E-state index is 11.4. The molecule has 0 aliphatic rings. The Balaban J connectivity index is 2.64. The summed E-state index contributed by atoms with van der Waals surface area (Å²) in [5, 5.41) is 10.1. The Morgan fingerprint density at radius 1 is 1.14 bits per heavy atom. The van der Waals surface area contributed by atoms with Gasteiger partial charge in [-0.1, -0.05) is 40.9 Å². The Morgan fingerprint density at radius 2 is 1.86 bits per heavy atom. The molecule has 0 amide bonds. The van der Waals surface area contributed by atoms with Crippen LogP contribution in [-0.4, -0.2) is 17.7 Å². The predicted molar refractivity (Wildman–Crippen MR) is 84.8 cm³/mol. The van der Waals surface area contributed by atoms with E-state index in [1.54, 1.807) is 30.3 Å². The van der Waals surface area contributed by atoms with Crippen LogP contribution >= 0.6 is 23.2 Å². The molecule has 0 aliphatic carbocycles. The van der Waals surface area contributed by atoms with Gasteiger partial charge in [0.2, 0.25) is 0 Å². The smallest absolute Gasteiger partial charge is 0.336 e. The molecule has 3 nitrogen and oxygen atoms in total. The number of benzene rings is 2. The van der Waals surface area contributed by atoms with Crippen LogP contribution in [-0.2, 0) is 0 Å². The van der Waals surface area contributed by atoms with Gasteiger partial charge < -0.3 is 9.84 Å². The van der Waals surface area contributed by atoms with E-state index in [0.717, 1.165) is 5.56 Å². The van der Waals surface area contributed by atoms with Crippen LogP contribution in [0.3, 0.4) is 0 Å². The van der Waals surface area contributed by atoms with Crippen LogP contribution in [0.15, 0.2) is 30.3 Å². The zero-order valence-corrected chi connectivity index (χ0v) is 13.1. The Morgan fingerprint density at radius 3 is 2.48 bits per heavy atom. The molecule has 1 N–H and O–H groups in total. The number of carboxylic acids is 1. The van der Waals surface area contributed by atoms with Crippen LogP contribution in [0.2, 0.25) is 10.0 Å². The molecule has 2 aromatic carbocycles. The summed E-state index contributed by atoms with van der Waals surface area (Å²) in [7, 11) is 0. The molecule has 110 valence electrons. The van der Waals surface area contributed by atoms with Crippen molar-refractivity contribution < 1.29 is 14.6 Å². The number of aryl methyl sites for hydroxylation is 1. The lowest BCUT2D eigenvalue weighted by Gasteiger charge is -2.13. The van der Waals surface area contributed by atoms with E-state index >= 15 is 0 Å². The normalized spacial score (nSPS) is 10.5. The number of hydrogen-bond donors (Lipinski definition) is 1. The van der Waals surface area contributed by atoms with Crippen molar-refractivity contribution in [3.05, 3.63) is 51.5 Å². The predicted octanol–water partition coefficient (Wildman–Crippen LogP) is 5.07. The second-order valence-corrected chi connectivity index (χ2v) is 5.36. The standard InChI is InChI=1S/C16H14Cl2O3/c1-3-21-15-8-13(17)12(7-14(15)18)11-6-9(2)4-5-10(11)16(19)20/h4-8H,3H2,1-2H3,(H,19,20). The zero-order chi connectivity index (χ0) is 15.6. The summed E-state index contributed by atoms with van der Waals surface area (Å²) in [6.45, 7) is 4.21. The number of halogens is 2. The van der Waals surface area contributed by atoms with Crippen molar-refractivity contribution in [1.29, 1.82) is 0 Å². The number of carboxylic acid groups (broad SMARTS) is 1. The molecule has 21 heavy (non-hydrogen) atoms. The average molecular weight is 325 g/mol. The summed E-state index contributed by atoms with van der Waals surface area (Å²) in [5.41, 5.74) is 2.24. The third-order valence-corrected chi connectivity index (χ3v) is 3.63. The minimum Gasteiger partial charge on any atom is -0.492 e. The van der Waals surface area contributed by atoms with Gasteiger partial charge in [0.25, 0.3) is 0 Å². The van der Waals surface area contributed by atoms with Gasteiger partial charge in [-0.2, -0.15) is 0 Å². The van der Waals surface area contributed by atoms with Crippen molar-refractivity contribution >= 4 is 29.2 Å². The molecule has 0 bridgehead atoms. The molecule has 0 heterocycles. The first-order valence-electron chi connectivity index (χ1n) is 6.40. The molecule has 0 saturated heterocycles. The molecule has 2 aromatic rings. The van der Waals surface area contributed by atoms with Gasteiger partial charge in [0.05, 0.1) is 22.2 Å². The van der Waals surface area contributed by atoms with Crippen molar-refractivity contribution in [3.63, 3.8) is 0 Å². The highest BCUT2D eigenvalue weighted by Crippen LogP contribution is 2.38. The van der Waals surface area contributed by atoms with Gasteiger partial charge in [-0.15, -0.1) is 0 Å². The van der Waals surface area contributed by atoms with Crippen LogP contribution in [0.5, 0.6) is 5.75 Å². The first-order chi connectivity index (χ1) is 9.93. The SMILES string of the molecule is CCOc1cc(Cl)c(-c2cc(C)ccc2C(=O)O)cc1Cl. The van der Waals surface area contributed by atoms with Crippen LogP contribution < -0.4 is 4.74 Å². The lowest BCUT2D eigenvalue weighted by atomic mass is 9.97. The monoisotopic (exact) mass is 324 g/mol. The number of rotatable bonds is 4. The molecule has 0 radical (unpaired) electrons. The van der Waals surface area contributed by atoms with Crippen molar-refractivity contribution in [3.8, 4) is 16.9 Å². The van der Waals surface area contributed by atoms with Crippen LogP contribution in [0, 0.1) is 6.92 Å². The van der Waals surface area contributed by atoms with E-state index in [1.165, 1.54) is 0 Å². The van der Waals surface area contributed by atoms with E-state index in [1.807, 2.05) is 13.8 Å². The molecule has 0 fully saturated rings. The molecule has 0 saturated carbocycles. The van der Waals surface area contributed by atoms with Crippen LogP contribution in [0.25, 0.3) is 11.1 Å². The molecule has 0 unspecified atom stereocenters. The third-order valence-electron chi connectivity index (χ3n) is 3.02. The van der Waals surface area contributed by atoms with Crippen molar-refractivity contribution in [2.24, 2.45) is 0 Å². The van der Waals surface area contributed by atoms with Crippen LogP contribution in [0.1, 0.15) is 22.8 Å². The lowest BCUT2D eigenvalue weighted by molar-refractivity contribution is 0.0697. The second-order valence-electron chi connectivity index (χ2n) is 4.55. The summed E-state index contributed by atoms with van der Waals surface area (Å²) < 4.78 is 5.38. The molecule has 5 heteroatoms. The number of ether oxygens (including phenoxy) is 1. The van der Waals surface area contributed by atoms with Gasteiger partial charge in [-0.05, 0) is 31.5 Å². The summed E-state index contributed by atoms with van der Waals surface area (Å²) in [5.74, 6) is -0.525. The minimum absolute atomic E-state index is 0.183. The van der Waals surface area contributed by atoms with E-state index in [0.29, 0.717) is 33.5 Å². The molecular formula is C16H14Cl2O3. The van der Waals surface area contributed by atoms with E-state index in [4.69, 9.17) is 27.9 Å². The largest absolute Gasteiger partial charge is 0.492 e. The first kappa shape index (κ1) is 15.7. The van der Waals surface area contributed by atoms with E-state index in [-0.39, 0.29) is 5.56 Å². The van der Waals surface area contributed by atoms with Gasteiger partial charge in [-0.25, -0.2) is 4.79 Å². The third kappa shape index (κ3) is 3.31. The van der Waals surface area contributed by atoms with Gasteiger partial charge in [-0.3, -0.25) is 0 Å².